The van der Waals surface area contributed by atoms with Crippen LogP contribution in [0.2, 0.25) is 0 Å². The summed E-state index contributed by atoms with van der Waals surface area (Å²) in [4.78, 5) is 0. The van der Waals surface area contributed by atoms with Crippen LogP contribution in [0.5, 0.6) is 0 Å². The lowest BCUT2D eigenvalue weighted by Crippen LogP contribution is -1.72. The van der Waals surface area contributed by atoms with Gasteiger partial charge < -0.3 is 0 Å². The monoisotopic (exact) mass is 346 g/mol. The van der Waals surface area contributed by atoms with Crippen LogP contribution >= 0.6 is 0 Å². The van der Waals surface area contributed by atoms with E-state index >= 15 is 0 Å². The van der Waals surface area contributed by atoms with Crippen LogP contribution in [0, 0.1) is 0 Å². The molecule has 0 saturated carbocycles. The van der Waals surface area contributed by atoms with E-state index in [9.17, 15) is 0 Å². The molecule has 0 rings (SSSR count). The molecule has 138 valence electrons. The Hall–Kier alpha value is -2.60. The number of hydrogen-bond acceptors (Lipinski definition) is 0. The van der Waals surface area contributed by atoms with E-state index in [2.05, 4.69) is 37.8 Å². The van der Waals surface area contributed by atoms with Gasteiger partial charge in [-0.05, 0) is 12.8 Å². The zero-order chi connectivity index (χ0) is 19.0. The molecule has 0 saturated heterocycles. The Balaban J connectivity index is 3.79. The van der Waals surface area contributed by atoms with Crippen LogP contribution in [0.1, 0.15) is 39.0 Å². The maximum atomic E-state index is 3.61. The second kappa shape index (κ2) is 22.4. The highest BCUT2D eigenvalue weighted by molar-refractivity contribution is 5.22. The van der Waals surface area contributed by atoms with Crippen molar-refractivity contribution < 1.29 is 0 Å². The molecule has 0 aromatic rings. The standard InChI is InChI=1S/C26H34/c1-3-5-7-9-11-13-15-17-19-21-23-25-26-24-22-20-18-16-14-12-10-8-6-4-2/h3,5,7,9,11,13-26H,1,4,6,8,10,12H2,2H3. The van der Waals surface area contributed by atoms with Crippen molar-refractivity contribution in [1.29, 1.82) is 0 Å². The van der Waals surface area contributed by atoms with E-state index < -0.39 is 0 Å². The SMILES string of the molecule is C=CC=CC=CC=CC=CC=CC=CC=CC=CC=CCCCCCC. The van der Waals surface area contributed by atoms with Gasteiger partial charge in [-0.1, -0.05) is 148 Å². The van der Waals surface area contributed by atoms with Crippen molar-refractivity contribution in [2.75, 3.05) is 0 Å². The Morgan fingerprint density at radius 2 is 0.846 bits per heavy atom. The second-order valence-electron chi connectivity index (χ2n) is 5.59. The molecule has 0 atom stereocenters. The number of unbranched alkanes of at least 4 members (excludes halogenated alkanes) is 4. The minimum absolute atomic E-state index is 1.18. The maximum Gasteiger partial charge on any atom is -0.0348 e. The highest BCUT2D eigenvalue weighted by Crippen LogP contribution is 2.02. The van der Waals surface area contributed by atoms with E-state index in [1.165, 1.54) is 32.1 Å². The fourth-order valence-electron chi connectivity index (χ4n) is 1.90. The summed E-state index contributed by atoms with van der Waals surface area (Å²) < 4.78 is 0. The Bertz CT molecular complexity index is 569. The molecule has 0 aromatic carbocycles. The van der Waals surface area contributed by atoms with Crippen molar-refractivity contribution in [3.63, 3.8) is 0 Å². The summed E-state index contributed by atoms with van der Waals surface area (Å²) in [6.07, 6.45) is 44.6. The van der Waals surface area contributed by atoms with E-state index in [1.807, 2.05) is 85.1 Å². The van der Waals surface area contributed by atoms with Crippen molar-refractivity contribution in [3.8, 4) is 0 Å². The average Bonchev–Trinajstić information content (AvgIpc) is 2.66. The number of rotatable bonds is 14. The van der Waals surface area contributed by atoms with Crippen molar-refractivity contribution in [3.05, 3.63) is 122 Å². The summed E-state index contributed by atoms with van der Waals surface area (Å²) in [6.45, 7) is 5.86. The average molecular weight is 347 g/mol. The van der Waals surface area contributed by atoms with E-state index in [1.54, 1.807) is 6.08 Å². The molecule has 0 nitrogen and oxygen atoms in total. The fourth-order valence-corrected chi connectivity index (χ4v) is 1.90. The topological polar surface area (TPSA) is 0 Å². The van der Waals surface area contributed by atoms with Gasteiger partial charge in [0.1, 0.15) is 0 Å². The predicted octanol–water partition coefficient (Wildman–Crippen LogP) is 8.15. The molecule has 0 heterocycles. The largest absolute Gasteiger partial charge is 0.0991 e. The molecule has 0 fully saturated rings. The first kappa shape index (κ1) is 23.4. The normalized spacial score (nSPS) is 13.9. The minimum Gasteiger partial charge on any atom is -0.0991 e. The molecular formula is C26H34. The Kier molecular flexibility index (Phi) is 20.2. The van der Waals surface area contributed by atoms with Crippen LogP contribution in [-0.4, -0.2) is 0 Å². The number of hydrogen-bond donors (Lipinski definition) is 0. The van der Waals surface area contributed by atoms with Gasteiger partial charge in [0.05, 0.1) is 0 Å². The summed E-state index contributed by atoms with van der Waals surface area (Å²) in [7, 11) is 0. The molecule has 0 unspecified atom stereocenters. The van der Waals surface area contributed by atoms with Crippen LogP contribution in [0.3, 0.4) is 0 Å². The van der Waals surface area contributed by atoms with Crippen LogP contribution in [0.25, 0.3) is 0 Å². The zero-order valence-corrected chi connectivity index (χ0v) is 16.2. The molecule has 0 aliphatic rings. The summed E-state index contributed by atoms with van der Waals surface area (Å²) in [5.41, 5.74) is 0. The molecule has 0 bridgehead atoms. The van der Waals surface area contributed by atoms with Gasteiger partial charge in [-0.2, -0.15) is 0 Å². The molecule has 26 heavy (non-hydrogen) atoms. The molecule has 0 aliphatic heterocycles. The molecule has 0 heteroatoms. The van der Waals surface area contributed by atoms with Gasteiger partial charge in [-0.25, -0.2) is 0 Å². The molecule has 0 N–H and O–H groups in total. The Morgan fingerprint density at radius 1 is 0.462 bits per heavy atom. The number of allylic oxidation sites excluding steroid dienone is 19. The highest BCUT2D eigenvalue weighted by atomic mass is 13.9. The van der Waals surface area contributed by atoms with Gasteiger partial charge in [0.25, 0.3) is 0 Å². The summed E-state index contributed by atoms with van der Waals surface area (Å²) >= 11 is 0. The third-order valence-corrected chi connectivity index (χ3v) is 3.27. The van der Waals surface area contributed by atoms with Gasteiger partial charge in [0.15, 0.2) is 0 Å². The molecule has 0 aromatic heterocycles. The first-order chi connectivity index (χ1) is 12.9. The smallest absolute Gasteiger partial charge is 0.0348 e. The van der Waals surface area contributed by atoms with Crippen LogP contribution in [0.15, 0.2) is 122 Å². The second-order valence-corrected chi connectivity index (χ2v) is 5.59. The lowest BCUT2D eigenvalue weighted by molar-refractivity contribution is 0.674. The minimum atomic E-state index is 1.18. The summed E-state index contributed by atoms with van der Waals surface area (Å²) in [5.74, 6) is 0. The molecule has 0 aliphatic carbocycles. The van der Waals surface area contributed by atoms with Crippen molar-refractivity contribution in [1.82, 2.24) is 0 Å². The third-order valence-electron chi connectivity index (χ3n) is 3.27. The van der Waals surface area contributed by atoms with Gasteiger partial charge in [0, 0.05) is 0 Å². The van der Waals surface area contributed by atoms with E-state index in [4.69, 9.17) is 0 Å². The summed E-state index contributed by atoms with van der Waals surface area (Å²) in [5, 5.41) is 0. The summed E-state index contributed by atoms with van der Waals surface area (Å²) in [6, 6.07) is 0. The molecule has 0 amide bonds. The van der Waals surface area contributed by atoms with Crippen molar-refractivity contribution in [2.45, 2.75) is 39.0 Å². The zero-order valence-electron chi connectivity index (χ0n) is 16.2. The fraction of sp³-hybridized carbons (Fsp3) is 0.231. The van der Waals surface area contributed by atoms with Crippen LogP contribution < -0.4 is 0 Å². The van der Waals surface area contributed by atoms with Gasteiger partial charge in [0.2, 0.25) is 0 Å². The van der Waals surface area contributed by atoms with Crippen molar-refractivity contribution in [2.24, 2.45) is 0 Å². The Morgan fingerprint density at radius 3 is 1.23 bits per heavy atom. The Labute approximate surface area is 161 Å². The first-order valence-corrected chi connectivity index (χ1v) is 9.52. The van der Waals surface area contributed by atoms with E-state index in [0.29, 0.717) is 0 Å². The van der Waals surface area contributed by atoms with Crippen LogP contribution in [0.4, 0.5) is 0 Å². The third kappa shape index (κ3) is 21.4. The first-order valence-electron chi connectivity index (χ1n) is 9.52. The van der Waals surface area contributed by atoms with Gasteiger partial charge in [-0.15, -0.1) is 0 Å². The molecule has 0 radical (unpaired) electrons. The lowest BCUT2D eigenvalue weighted by Gasteiger charge is -1.92. The van der Waals surface area contributed by atoms with Gasteiger partial charge >= 0.3 is 0 Å². The maximum absolute atomic E-state index is 3.61. The molecular weight excluding hydrogens is 312 g/mol. The quantitative estimate of drug-likeness (QED) is 0.220. The van der Waals surface area contributed by atoms with E-state index in [0.717, 1.165) is 0 Å². The predicted molar refractivity (Wildman–Crippen MR) is 121 cm³/mol. The van der Waals surface area contributed by atoms with Crippen LogP contribution in [-0.2, 0) is 0 Å². The van der Waals surface area contributed by atoms with Crippen molar-refractivity contribution >= 4 is 0 Å². The molecule has 0 spiro atoms. The van der Waals surface area contributed by atoms with Gasteiger partial charge in [-0.3, -0.25) is 0 Å². The highest BCUT2D eigenvalue weighted by Gasteiger charge is 1.82. The van der Waals surface area contributed by atoms with E-state index in [-0.39, 0.29) is 0 Å². The lowest BCUT2D eigenvalue weighted by atomic mass is 10.1.